The molecular formula is C15H15Cl2NO. The van der Waals surface area contributed by atoms with E-state index in [0.717, 1.165) is 5.56 Å². The average molecular weight is 296 g/mol. The zero-order chi connectivity index (χ0) is 14.0. The van der Waals surface area contributed by atoms with Crippen LogP contribution in [0.4, 0.5) is 5.69 Å². The molecule has 0 amide bonds. The molecule has 100 valence electrons. The van der Waals surface area contributed by atoms with Gasteiger partial charge in [0, 0.05) is 16.7 Å². The molecule has 0 spiro atoms. The van der Waals surface area contributed by atoms with Gasteiger partial charge in [-0.15, -0.1) is 0 Å². The van der Waals surface area contributed by atoms with E-state index in [0.29, 0.717) is 21.5 Å². The Morgan fingerprint density at radius 3 is 2.32 bits per heavy atom. The summed E-state index contributed by atoms with van der Waals surface area (Å²) in [5.41, 5.74) is 6.63. The molecule has 0 heterocycles. The van der Waals surface area contributed by atoms with Crippen LogP contribution in [-0.2, 0) is 5.60 Å². The van der Waals surface area contributed by atoms with Gasteiger partial charge in [0.2, 0.25) is 0 Å². The van der Waals surface area contributed by atoms with E-state index in [1.54, 1.807) is 18.2 Å². The maximum Gasteiger partial charge on any atom is 0.130 e. The molecule has 19 heavy (non-hydrogen) atoms. The van der Waals surface area contributed by atoms with Gasteiger partial charge in [-0.05, 0) is 32.0 Å². The largest absolute Gasteiger partial charge is 0.483 e. The lowest BCUT2D eigenvalue weighted by molar-refractivity contribution is 0.109. The van der Waals surface area contributed by atoms with E-state index in [1.165, 1.54) is 0 Å². The lowest BCUT2D eigenvalue weighted by atomic mass is 9.98. The average Bonchev–Trinajstić information content (AvgIpc) is 2.34. The summed E-state index contributed by atoms with van der Waals surface area (Å²) >= 11 is 12.1. The van der Waals surface area contributed by atoms with Gasteiger partial charge in [-0.25, -0.2) is 0 Å². The van der Waals surface area contributed by atoms with Gasteiger partial charge in [0.05, 0.1) is 10.7 Å². The van der Waals surface area contributed by atoms with Crippen LogP contribution in [0.15, 0.2) is 42.5 Å². The Hall–Kier alpha value is -1.38. The number of anilines is 1. The highest BCUT2D eigenvalue weighted by molar-refractivity contribution is 6.33. The number of benzene rings is 2. The molecule has 2 aromatic rings. The van der Waals surface area contributed by atoms with Crippen LogP contribution in [0, 0.1) is 0 Å². The van der Waals surface area contributed by atoms with Crippen LogP contribution in [0.2, 0.25) is 10.0 Å². The Kier molecular flexibility index (Phi) is 3.93. The third-order valence-corrected chi connectivity index (χ3v) is 3.54. The van der Waals surface area contributed by atoms with Gasteiger partial charge >= 0.3 is 0 Å². The SMILES string of the molecule is CC(C)(Oc1ccc(Cl)c(N)c1)c1ccccc1Cl. The second-order valence-corrected chi connectivity index (χ2v) is 5.59. The lowest BCUT2D eigenvalue weighted by Gasteiger charge is -2.28. The number of nitrogens with two attached hydrogens (primary N) is 1. The molecule has 4 heteroatoms. The van der Waals surface area contributed by atoms with Crippen molar-refractivity contribution in [1.29, 1.82) is 0 Å². The topological polar surface area (TPSA) is 35.2 Å². The summed E-state index contributed by atoms with van der Waals surface area (Å²) in [6, 6.07) is 12.8. The summed E-state index contributed by atoms with van der Waals surface area (Å²) in [4.78, 5) is 0. The van der Waals surface area contributed by atoms with Gasteiger partial charge in [0.15, 0.2) is 0 Å². The summed E-state index contributed by atoms with van der Waals surface area (Å²) < 4.78 is 5.98. The minimum Gasteiger partial charge on any atom is -0.483 e. The molecule has 0 saturated carbocycles. The Labute approximate surface area is 123 Å². The third-order valence-electron chi connectivity index (χ3n) is 2.86. The fourth-order valence-electron chi connectivity index (χ4n) is 1.88. The van der Waals surface area contributed by atoms with Crippen LogP contribution in [-0.4, -0.2) is 0 Å². The van der Waals surface area contributed by atoms with Crippen molar-refractivity contribution in [2.24, 2.45) is 0 Å². The van der Waals surface area contributed by atoms with Gasteiger partial charge in [0.25, 0.3) is 0 Å². The molecule has 0 aliphatic heterocycles. The quantitative estimate of drug-likeness (QED) is 0.818. The van der Waals surface area contributed by atoms with Gasteiger partial charge < -0.3 is 10.5 Å². The molecule has 0 aliphatic rings. The van der Waals surface area contributed by atoms with Crippen molar-refractivity contribution in [2.45, 2.75) is 19.4 Å². The number of ether oxygens (including phenoxy) is 1. The fourth-order valence-corrected chi connectivity index (χ4v) is 2.37. The van der Waals surface area contributed by atoms with Crippen LogP contribution in [0.25, 0.3) is 0 Å². The minimum absolute atomic E-state index is 0.495. The maximum atomic E-state index is 6.21. The normalized spacial score (nSPS) is 11.4. The first kappa shape index (κ1) is 14.0. The Balaban J connectivity index is 2.31. The summed E-state index contributed by atoms with van der Waals surface area (Å²) in [6.45, 7) is 3.91. The Morgan fingerprint density at radius 1 is 1.00 bits per heavy atom. The van der Waals surface area contributed by atoms with Crippen molar-refractivity contribution in [2.75, 3.05) is 5.73 Å². The third kappa shape index (κ3) is 3.14. The van der Waals surface area contributed by atoms with E-state index in [1.807, 2.05) is 38.1 Å². The van der Waals surface area contributed by atoms with E-state index >= 15 is 0 Å². The number of rotatable bonds is 3. The molecule has 0 saturated heterocycles. The number of halogens is 2. The van der Waals surface area contributed by atoms with Crippen molar-refractivity contribution in [1.82, 2.24) is 0 Å². The highest BCUT2D eigenvalue weighted by atomic mass is 35.5. The van der Waals surface area contributed by atoms with E-state index in [2.05, 4.69) is 0 Å². The van der Waals surface area contributed by atoms with Gasteiger partial charge in [-0.3, -0.25) is 0 Å². The van der Waals surface area contributed by atoms with Crippen LogP contribution in [0.5, 0.6) is 5.75 Å². The van der Waals surface area contributed by atoms with E-state index in [9.17, 15) is 0 Å². The summed E-state index contributed by atoms with van der Waals surface area (Å²) in [7, 11) is 0. The monoisotopic (exact) mass is 295 g/mol. The molecule has 0 aliphatic carbocycles. The van der Waals surface area contributed by atoms with Gasteiger partial charge in [-0.2, -0.15) is 0 Å². The maximum absolute atomic E-state index is 6.21. The fraction of sp³-hybridized carbons (Fsp3) is 0.200. The Bertz CT molecular complexity index is 596. The van der Waals surface area contributed by atoms with Crippen LogP contribution < -0.4 is 10.5 Å². The zero-order valence-electron chi connectivity index (χ0n) is 10.8. The second-order valence-electron chi connectivity index (χ2n) is 4.78. The van der Waals surface area contributed by atoms with Crippen LogP contribution >= 0.6 is 23.2 Å². The molecule has 0 fully saturated rings. The summed E-state index contributed by atoms with van der Waals surface area (Å²) in [6.07, 6.45) is 0. The van der Waals surface area contributed by atoms with E-state index in [-0.39, 0.29) is 0 Å². The van der Waals surface area contributed by atoms with Crippen molar-refractivity contribution < 1.29 is 4.74 Å². The first-order valence-electron chi connectivity index (χ1n) is 5.89. The number of hydrogen-bond acceptors (Lipinski definition) is 2. The van der Waals surface area contributed by atoms with Gasteiger partial charge in [0.1, 0.15) is 11.4 Å². The molecule has 0 radical (unpaired) electrons. The van der Waals surface area contributed by atoms with E-state index < -0.39 is 5.60 Å². The van der Waals surface area contributed by atoms with Crippen molar-refractivity contribution >= 4 is 28.9 Å². The molecule has 2 aromatic carbocycles. The van der Waals surface area contributed by atoms with Crippen LogP contribution in [0.3, 0.4) is 0 Å². The second kappa shape index (κ2) is 5.32. The molecular weight excluding hydrogens is 281 g/mol. The molecule has 0 aromatic heterocycles. The van der Waals surface area contributed by atoms with E-state index in [4.69, 9.17) is 33.7 Å². The first-order chi connectivity index (χ1) is 8.90. The molecule has 2 rings (SSSR count). The number of nitrogen functional groups attached to an aromatic ring is 1. The number of hydrogen-bond donors (Lipinski definition) is 1. The predicted molar refractivity (Wildman–Crippen MR) is 81.0 cm³/mol. The molecule has 2 nitrogen and oxygen atoms in total. The Morgan fingerprint density at radius 2 is 1.68 bits per heavy atom. The lowest BCUT2D eigenvalue weighted by Crippen LogP contribution is -2.25. The van der Waals surface area contributed by atoms with Crippen molar-refractivity contribution in [3.05, 3.63) is 58.1 Å². The van der Waals surface area contributed by atoms with Gasteiger partial charge in [-0.1, -0.05) is 41.4 Å². The van der Waals surface area contributed by atoms with Crippen molar-refractivity contribution in [3.8, 4) is 5.75 Å². The molecule has 0 atom stereocenters. The minimum atomic E-state index is -0.557. The highest BCUT2D eigenvalue weighted by Gasteiger charge is 2.25. The van der Waals surface area contributed by atoms with Crippen LogP contribution in [0.1, 0.15) is 19.4 Å². The molecule has 0 unspecified atom stereocenters. The molecule has 0 bridgehead atoms. The smallest absolute Gasteiger partial charge is 0.130 e. The summed E-state index contributed by atoms with van der Waals surface area (Å²) in [5, 5.41) is 1.19. The first-order valence-corrected chi connectivity index (χ1v) is 6.65. The zero-order valence-corrected chi connectivity index (χ0v) is 12.3. The van der Waals surface area contributed by atoms with Crippen molar-refractivity contribution in [3.63, 3.8) is 0 Å². The standard InChI is InChI=1S/C15H15Cl2NO/c1-15(2,11-5-3-4-6-12(11)16)19-10-7-8-13(17)14(18)9-10/h3-9H,18H2,1-2H3. The highest BCUT2D eigenvalue weighted by Crippen LogP contribution is 2.34. The summed E-state index contributed by atoms with van der Waals surface area (Å²) in [5.74, 6) is 0.659. The molecule has 2 N–H and O–H groups in total. The predicted octanol–water partition coefficient (Wildman–Crippen LogP) is 4.89.